The molecule has 340 valence electrons. The molecule has 16 heteroatoms. The predicted molar refractivity (Wildman–Crippen MR) is 238 cm³/mol. The van der Waals surface area contributed by atoms with Gasteiger partial charge in [0, 0.05) is 92.2 Å². The lowest BCUT2D eigenvalue weighted by molar-refractivity contribution is -0.137. The van der Waals surface area contributed by atoms with Gasteiger partial charge in [-0.05, 0) is 61.1 Å². The lowest BCUT2D eigenvalue weighted by Gasteiger charge is -2.43. The second-order valence-electron chi connectivity index (χ2n) is 16.2. The van der Waals surface area contributed by atoms with Gasteiger partial charge >= 0.3 is 0 Å². The number of carbonyl (C=O) groups excluding carboxylic acids is 4. The number of nitrogens with one attached hydrogen (secondary N) is 2. The zero-order valence-corrected chi connectivity index (χ0v) is 37.1. The third-order valence-corrected chi connectivity index (χ3v) is 11.3. The minimum absolute atomic E-state index is 0.0806. The summed E-state index contributed by atoms with van der Waals surface area (Å²) in [5, 5.41) is 17.4. The third kappa shape index (κ3) is 16.7. The van der Waals surface area contributed by atoms with Gasteiger partial charge in [-0.25, -0.2) is 8.78 Å². The van der Waals surface area contributed by atoms with Crippen LogP contribution in [0.1, 0.15) is 76.6 Å². The van der Waals surface area contributed by atoms with E-state index in [4.69, 9.17) is 15.2 Å². The fourth-order valence-corrected chi connectivity index (χ4v) is 8.13. The molecule has 1 aliphatic heterocycles. The van der Waals surface area contributed by atoms with Crippen molar-refractivity contribution < 1.29 is 42.5 Å². The number of ether oxygens (including phenoxy) is 2. The number of aromatic nitrogens is 1. The van der Waals surface area contributed by atoms with Gasteiger partial charge in [0.25, 0.3) is 11.8 Å². The van der Waals surface area contributed by atoms with Crippen molar-refractivity contribution in [2.75, 3.05) is 70.7 Å². The van der Waals surface area contributed by atoms with Crippen molar-refractivity contribution in [1.29, 1.82) is 0 Å². The zero-order chi connectivity index (χ0) is 44.9. The summed E-state index contributed by atoms with van der Waals surface area (Å²) in [6, 6.07) is 14.9. The highest BCUT2D eigenvalue weighted by Crippen LogP contribution is 2.42. The van der Waals surface area contributed by atoms with E-state index in [0.717, 1.165) is 29.8 Å². The van der Waals surface area contributed by atoms with Crippen LogP contribution < -0.4 is 16.4 Å². The highest BCUT2D eigenvalue weighted by Gasteiger charge is 2.37. The van der Waals surface area contributed by atoms with Gasteiger partial charge in [0.15, 0.2) is 0 Å². The van der Waals surface area contributed by atoms with E-state index in [0.29, 0.717) is 108 Å². The third-order valence-electron chi connectivity index (χ3n) is 10.2. The van der Waals surface area contributed by atoms with Crippen LogP contribution in [0.2, 0.25) is 0 Å². The van der Waals surface area contributed by atoms with Crippen molar-refractivity contribution in [3.05, 3.63) is 95.8 Å². The molecule has 4 rings (SSSR count). The van der Waals surface area contributed by atoms with Gasteiger partial charge in [0.05, 0.1) is 32.5 Å². The summed E-state index contributed by atoms with van der Waals surface area (Å²) in [5.41, 5.74) is 8.17. The van der Waals surface area contributed by atoms with E-state index >= 15 is 4.39 Å². The van der Waals surface area contributed by atoms with Crippen LogP contribution in [0, 0.1) is 17.0 Å². The van der Waals surface area contributed by atoms with Crippen molar-refractivity contribution in [3.63, 3.8) is 0 Å². The number of amides is 4. The average Bonchev–Trinajstić information content (AvgIpc) is 3.79. The Bertz CT molecular complexity index is 1890. The molecule has 1 aromatic heterocycles. The second-order valence-corrected chi connectivity index (χ2v) is 17.4. The Hall–Kier alpha value is -4.45. The standard InChI is InChI=1S/C46H64F2N6O7S/c1-46(2,3)45(39-29-35(37-30-36(47)14-15-38(37)48)32-52(39)31-34-11-6-4-7-12-34)54(23-10-19-49)44(59)33-62-28-18-41(56)51-21-25-61-27-26-60-24-20-50-40(55)13-8-5-9-22-53-42(57)16-17-43(53)58/h4,6-7,11-12,14-17,29-30,32,44-45,59H,5,8-10,13,18-28,31,33,49H2,1-3H3,(H,50,55)(H,51,56)/t44?,45-/m0/s1. The first-order chi connectivity index (χ1) is 29.8. The van der Waals surface area contributed by atoms with Crippen LogP contribution in [0.25, 0.3) is 11.1 Å². The maximum Gasteiger partial charge on any atom is 0.253 e. The Morgan fingerprint density at radius 1 is 0.871 bits per heavy atom. The van der Waals surface area contributed by atoms with Crippen LogP contribution in [-0.4, -0.2) is 120 Å². The van der Waals surface area contributed by atoms with Crippen molar-refractivity contribution in [1.82, 2.24) is 25.0 Å². The Morgan fingerprint density at radius 3 is 2.18 bits per heavy atom. The van der Waals surface area contributed by atoms with Crippen LogP contribution >= 0.6 is 11.8 Å². The van der Waals surface area contributed by atoms with Gasteiger partial charge in [-0.2, -0.15) is 11.8 Å². The summed E-state index contributed by atoms with van der Waals surface area (Å²) in [6.45, 7) is 10.1. The number of halogens is 2. The molecule has 1 unspecified atom stereocenters. The molecule has 0 spiro atoms. The highest BCUT2D eigenvalue weighted by atomic mass is 32.2. The van der Waals surface area contributed by atoms with E-state index < -0.39 is 23.3 Å². The summed E-state index contributed by atoms with van der Waals surface area (Å²) in [5.74, 6) is -1.01. The topological polar surface area (TPSA) is 168 Å². The van der Waals surface area contributed by atoms with Gasteiger partial charge in [-0.15, -0.1) is 0 Å². The lowest BCUT2D eigenvalue weighted by Crippen LogP contribution is -2.46. The maximum atomic E-state index is 15.1. The summed E-state index contributed by atoms with van der Waals surface area (Å²) in [7, 11) is 0. The first kappa shape index (κ1) is 50.2. The van der Waals surface area contributed by atoms with Gasteiger partial charge in [0.2, 0.25) is 11.8 Å². The van der Waals surface area contributed by atoms with E-state index in [1.807, 2.05) is 47.5 Å². The number of unbranched alkanes of at least 4 members (excludes halogenated alkanes) is 2. The molecule has 13 nitrogen and oxygen atoms in total. The molecular formula is C46H64F2N6O7S. The number of imide groups is 1. The van der Waals surface area contributed by atoms with E-state index in [9.17, 15) is 28.7 Å². The number of thioether (sulfide) groups is 1. The van der Waals surface area contributed by atoms with Gasteiger partial charge in [-0.3, -0.25) is 29.0 Å². The van der Waals surface area contributed by atoms with Crippen LogP contribution in [0.15, 0.2) is 72.9 Å². The van der Waals surface area contributed by atoms with E-state index in [2.05, 4.69) is 36.0 Å². The molecule has 62 heavy (non-hydrogen) atoms. The van der Waals surface area contributed by atoms with Crippen molar-refractivity contribution in [2.24, 2.45) is 11.1 Å². The number of benzene rings is 2. The minimum Gasteiger partial charge on any atom is -0.377 e. The van der Waals surface area contributed by atoms with Crippen LogP contribution in [0.4, 0.5) is 8.78 Å². The first-order valence-corrected chi connectivity index (χ1v) is 22.6. The smallest absolute Gasteiger partial charge is 0.253 e. The van der Waals surface area contributed by atoms with Gasteiger partial charge < -0.3 is 35.5 Å². The Morgan fingerprint density at radius 2 is 1.53 bits per heavy atom. The summed E-state index contributed by atoms with van der Waals surface area (Å²) >= 11 is 1.48. The molecule has 2 heterocycles. The lowest BCUT2D eigenvalue weighted by atomic mass is 9.82. The van der Waals surface area contributed by atoms with Crippen LogP contribution in [-0.2, 0) is 35.2 Å². The Kier molecular flexibility index (Phi) is 21.2. The number of carbonyl (C=O) groups is 4. The zero-order valence-electron chi connectivity index (χ0n) is 36.3. The molecule has 1 aliphatic rings. The number of hydrogen-bond donors (Lipinski definition) is 4. The molecule has 0 fully saturated rings. The number of hydrogen-bond acceptors (Lipinski definition) is 10. The van der Waals surface area contributed by atoms with E-state index in [1.165, 1.54) is 34.9 Å². The molecule has 2 aromatic carbocycles. The van der Waals surface area contributed by atoms with Crippen molar-refractivity contribution in [2.45, 2.75) is 78.1 Å². The molecular weight excluding hydrogens is 819 g/mol. The summed E-state index contributed by atoms with van der Waals surface area (Å²) < 4.78 is 42.6. The largest absolute Gasteiger partial charge is 0.377 e. The fourth-order valence-electron chi connectivity index (χ4n) is 7.23. The number of rotatable bonds is 29. The van der Waals surface area contributed by atoms with Crippen LogP contribution in [0.5, 0.6) is 0 Å². The van der Waals surface area contributed by atoms with Gasteiger partial charge in [-0.1, -0.05) is 57.5 Å². The van der Waals surface area contributed by atoms with Gasteiger partial charge in [0.1, 0.15) is 17.9 Å². The number of aliphatic hydroxyl groups excluding tert-OH is 1. The molecule has 0 bridgehead atoms. The van der Waals surface area contributed by atoms with Crippen LogP contribution in [0.3, 0.4) is 0 Å². The molecule has 0 aliphatic carbocycles. The highest BCUT2D eigenvalue weighted by molar-refractivity contribution is 7.99. The molecule has 3 aromatic rings. The van der Waals surface area contributed by atoms with E-state index in [1.54, 1.807) is 0 Å². The molecule has 0 saturated carbocycles. The summed E-state index contributed by atoms with van der Waals surface area (Å²) in [4.78, 5) is 51.0. The predicted octanol–water partition coefficient (Wildman–Crippen LogP) is 5.41. The SMILES string of the molecule is CC(C)(C)[C@H](c1cc(-c2cc(F)ccc2F)cn1Cc1ccccc1)N(CCCN)C(O)CSCCC(=O)NCCOCCOCCNC(=O)CCCCCN1C(=O)C=CC1=O. The molecule has 0 saturated heterocycles. The number of nitrogens with two attached hydrogens (primary N) is 1. The Labute approximate surface area is 368 Å². The minimum atomic E-state index is -0.887. The van der Waals surface area contributed by atoms with Crippen molar-refractivity contribution >= 4 is 35.4 Å². The monoisotopic (exact) mass is 882 g/mol. The maximum absolute atomic E-state index is 15.1. The van der Waals surface area contributed by atoms with Crippen molar-refractivity contribution in [3.8, 4) is 11.1 Å². The average molecular weight is 883 g/mol. The summed E-state index contributed by atoms with van der Waals surface area (Å²) in [6.07, 6.45) is 6.80. The molecule has 4 amide bonds. The number of nitrogens with zero attached hydrogens (tertiary/aromatic N) is 3. The quantitative estimate of drug-likeness (QED) is 0.0402. The molecule has 5 N–H and O–H groups in total. The normalized spacial score (nSPS) is 13.9. The first-order valence-electron chi connectivity index (χ1n) is 21.4. The molecule has 0 radical (unpaired) electrons. The number of aliphatic hydroxyl groups is 1. The Balaban J connectivity index is 1.16. The molecule has 2 atom stereocenters. The van der Waals surface area contributed by atoms with E-state index in [-0.39, 0.29) is 41.7 Å². The second kappa shape index (κ2) is 26.2. The fraction of sp³-hybridized carbons (Fsp3) is 0.522.